The van der Waals surface area contributed by atoms with Crippen LogP contribution in [0.25, 0.3) is 11.3 Å². The molecule has 1 aliphatic rings. The first kappa shape index (κ1) is 15.0. The summed E-state index contributed by atoms with van der Waals surface area (Å²) in [5.74, 6) is 0. The highest BCUT2D eigenvalue weighted by Gasteiger charge is 2.21. The van der Waals surface area contributed by atoms with Gasteiger partial charge in [-0.3, -0.25) is 4.90 Å². The number of aromatic nitrogens is 2. The van der Waals surface area contributed by atoms with Gasteiger partial charge in [0, 0.05) is 30.8 Å². The largest absolute Gasteiger partial charge is 0.293 e. The molecular weight excluding hydrogens is 294 g/mol. The first-order valence-corrected chi connectivity index (χ1v) is 8.39. The van der Waals surface area contributed by atoms with Crippen LogP contribution in [0.2, 0.25) is 0 Å². The Morgan fingerprint density at radius 3 is 2.58 bits per heavy atom. The van der Waals surface area contributed by atoms with E-state index in [1.165, 1.54) is 16.7 Å². The zero-order chi connectivity index (χ0) is 16.4. The molecule has 0 N–H and O–H groups in total. The predicted octanol–water partition coefficient (Wildman–Crippen LogP) is 3.81. The minimum absolute atomic E-state index is 0.863. The number of fused-ring (bicyclic) bond motifs is 1. The Hall–Kier alpha value is -2.52. The third-order valence-corrected chi connectivity index (χ3v) is 4.61. The van der Waals surface area contributed by atoms with Crippen LogP contribution in [-0.4, -0.2) is 21.4 Å². The Morgan fingerprint density at radius 1 is 1.00 bits per heavy atom. The lowest BCUT2D eigenvalue weighted by molar-refractivity contribution is 0.241. The summed E-state index contributed by atoms with van der Waals surface area (Å²) < 4.78 is 0. The number of hydrogen-bond donors (Lipinski definition) is 0. The minimum Gasteiger partial charge on any atom is -0.293 e. The fourth-order valence-corrected chi connectivity index (χ4v) is 3.29. The monoisotopic (exact) mass is 314 g/mol. The summed E-state index contributed by atoms with van der Waals surface area (Å²) in [4.78, 5) is 11.3. The third-order valence-electron chi connectivity index (χ3n) is 4.61. The minimum atomic E-state index is 0.863. The molecule has 0 atom stereocenters. The van der Waals surface area contributed by atoms with Crippen molar-refractivity contribution in [3.05, 3.63) is 83.3 Å². The molecular formula is C21H20N3. The molecule has 4 rings (SSSR count). The van der Waals surface area contributed by atoms with E-state index < -0.39 is 0 Å². The highest BCUT2D eigenvalue weighted by atomic mass is 15.1. The number of hydrogen-bond acceptors (Lipinski definition) is 3. The Bertz CT molecular complexity index is 825. The van der Waals surface area contributed by atoms with Gasteiger partial charge in [0.2, 0.25) is 0 Å². The van der Waals surface area contributed by atoms with Crippen molar-refractivity contribution in [1.82, 2.24) is 14.9 Å². The quantitative estimate of drug-likeness (QED) is 0.736. The second kappa shape index (κ2) is 6.54. The van der Waals surface area contributed by atoms with Crippen LogP contribution in [0.1, 0.15) is 22.4 Å². The molecule has 2 aromatic carbocycles. The van der Waals surface area contributed by atoms with Crippen molar-refractivity contribution in [3.63, 3.8) is 0 Å². The van der Waals surface area contributed by atoms with Crippen LogP contribution >= 0.6 is 0 Å². The van der Waals surface area contributed by atoms with Crippen LogP contribution in [-0.2, 0) is 19.5 Å². The second-order valence-corrected chi connectivity index (χ2v) is 6.41. The second-order valence-electron chi connectivity index (χ2n) is 6.41. The van der Waals surface area contributed by atoms with E-state index in [2.05, 4.69) is 82.7 Å². The van der Waals surface area contributed by atoms with Gasteiger partial charge in [0.25, 0.3) is 0 Å². The molecule has 0 spiro atoms. The molecule has 3 nitrogen and oxygen atoms in total. The number of aryl methyl sites for hydroxylation is 1. The van der Waals surface area contributed by atoms with Crippen molar-refractivity contribution in [2.45, 2.75) is 26.4 Å². The van der Waals surface area contributed by atoms with Crippen LogP contribution in [0.5, 0.6) is 0 Å². The standard InChI is InChI=1S/C21H20N3/c1-16-7-9-18(10-8-16)21-19-11-12-24(14-20(19)22-15-23-21)13-17-5-3-2-4-6-17/h2-10H,11-14H2,1H3. The van der Waals surface area contributed by atoms with Gasteiger partial charge in [-0.05, 0) is 18.9 Å². The van der Waals surface area contributed by atoms with Crippen molar-refractivity contribution in [2.75, 3.05) is 6.54 Å². The van der Waals surface area contributed by atoms with E-state index in [0.717, 1.165) is 43.0 Å². The Morgan fingerprint density at radius 2 is 1.79 bits per heavy atom. The van der Waals surface area contributed by atoms with Crippen molar-refractivity contribution in [2.24, 2.45) is 0 Å². The van der Waals surface area contributed by atoms with Crippen molar-refractivity contribution >= 4 is 0 Å². The Labute approximate surface area is 143 Å². The molecule has 2 heterocycles. The molecule has 0 fully saturated rings. The summed E-state index contributed by atoms with van der Waals surface area (Å²) in [5, 5.41) is 0. The molecule has 0 aliphatic carbocycles. The molecule has 24 heavy (non-hydrogen) atoms. The summed E-state index contributed by atoms with van der Waals surface area (Å²) in [6.07, 6.45) is 3.85. The smallest absolute Gasteiger partial charge is 0.198 e. The van der Waals surface area contributed by atoms with Crippen LogP contribution in [0.3, 0.4) is 0 Å². The van der Waals surface area contributed by atoms with E-state index in [0.29, 0.717) is 0 Å². The molecule has 1 aromatic heterocycles. The molecule has 3 heteroatoms. The highest BCUT2D eigenvalue weighted by Crippen LogP contribution is 2.27. The van der Waals surface area contributed by atoms with E-state index in [9.17, 15) is 0 Å². The molecule has 1 radical (unpaired) electrons. The number of rotatable bonds is 3. The van der Waals surface area contributed by atoms with Gasteiger partial charge in [-0.2, -0.15) is 0 Å². The lowest BCUT2D eigenvalue weighted by atomic mass is 9.97. The summed E-state index contributed by atoms with van der Waals surface area (Å²) in [5.41, 5.74) is 7.20. The Balaban J connectivity index is 1.59. The molecule has 0 bridgehead atoms. The fraction of sp³-hybridized carbons (Fsp3) is 0.238. The molecule has 0 saturated carbocycles. The van der Waals surface area contributed by atoms with Gasteiger partial charge in [0.1, 0.15) is 0 Å². The summed E-state index contributed by atoms with van der Waals surface area (Å²) >= 11 is 0. The molecule has 0 amide bonds. The molecule has 0 unspecified atom stereocenters. The van der Waals surface area contributed by atoms with Gasteiger partial charge in [0.05, 0.1) is 11.4 Å². The van der Waals surface area contributed by atoms with Crippen molar-refractivity contribution < 1.29 is 0 Å². The van der Waals surface area contributed by atoms with Gasteiger partial charge >= 0.3 is 0 Å². The van der Waals surface area contributed by atoms with Crippen molar-refractivity contribution in [1.29, 1.82) is 0 Å². The zero-order valence-corrected chi connectivity index (χ0v) is 13.9. The average Bonchev–Trinajstić information content (AvgIpc) is 2.63. The lowest BCUT2D eigenvalue weighted by Gasteiger charge is -2.28. The fourth-order valence-electron chi connectivity index (χ4n) is 3.29. The topological polar surface area (TPSA) is 29.0 Å². The van der Waals surface area contributed by atoms with E-state index in [4.69, 9.17) is 0 Å². The molecule has 0 saturated heterocycles. The maximum Gasteiger partial charge on any atom is 0.198 e. The highest BCUT2D eigenvalue weighted by molar-refractivity contribution is 5.64. The van der Waals surface area contributed by atoms with Gasteiger partial charge in [-0.1, -0.05) is 60.2 Å². The summed E-state index contributed by atoms with van der Waals surface area (Å²) in [6.45, 7) is 4.97. The maximum atomic E-state index is 4.45. The van der Waals surface area contributed by atoms with Gasteiger partial charge in [-0.25, -0.2) is 9.97 Å². The molecule has 3 aromatic rings. The maximum absolute atomic E-state index is 4.45. The van der Waals surface area contributed by atoms with Gasteiger partial charge < -0.3 is 0 Å². The van der Waals surface area contributed by atoms with E-state index in [-0.39, 0.29) is 0 Å². The Kier molecular flexibility index (Phi) is 4.09. The van der Waals surface area contributed by atoms with Crippen molar-refractivity contribution in [3.8, 4) is 11.3 Å². The normalized spacial score (nSPS) is 14.4. The predicted molar refractivity (Wildman–Crippen MR) is 95.3 cm³/mol. The summed E-state index contributed by atoms with van der Waals surface area (Å²) in [6, 6.07) is 19.2. The van der Waals surface area contributed by atoms with Gasteiger partial charge in [-0.15, -0.1) is 0 Å². The number of benzene rings is 2. The van der Waals surface area contributed by atoms with E-state index in [1.807, 2.05) is 0 Å². The first-order chi connectivity index (χ1) is 11.8. The lowest BCUT2D eigenvalue weighted by Crippen LogP contribution is -2.31. The SMILES string of the molecule is Cc1ccc(-c2n[c]nc3c2CCN(Cc2ccccc2)C3)cc1. The number of nitrogens with zero attached hydrogens (tertiary/aromatic N) is 3. The summed E-state index contributed by atoms with van der Waals surface area (Å²) in [7, 11) is 0. The van der Waals surface area contributed by atoms with Crippen LogP contribution in [0, 0.1) is 13.3 Å². The van der Waals surface area contributed by atoms with Crippen LogP contribution in [0.15, 0.2) is 54.6 Å². The van der Waals surface area contributed by atoms with Crippen LogP contribution < -0.4 is 0 Å². The third kappa shape index (κ3) is 3.08. The average molecular weight is 314 g/mol. The van der Waals surface area contributed by atoms with E-state index >= 15 is 0 Å². The first-order valence-electron chi connectivity index (χ1n) is 8.39. The van der Waals surface area contributed by atoms with Crippen LogP contribution in [0.4, 0.5) is 0 Å². The molecule has 119 valence electrons. The zero-order valence-electron chi connectivity index (χ0n) is 13.9. The molecule has 1 aliphatic heterocycles. The van der Waals surface area contributed by atoms with E-state index in [1.54, 1.807) is 0 Å². The van der Waals surface area contributed by atoms with Gasteiger partial charge in [0.15, 0.2) is 6.33 Å².